The lowest BCUT2D eigenvalue weighted by atomic mass is 10.1. The number of carbonyl (C=O) groups excluding carboxylic acids is 1. The molecule has 5 heteroatoms. The van der Waals surface area contributed by atoms with Crippen LogP contribution in [0.1, 0.15) is 32.6 Å². The Kier molecular flexibility index (Phi) is 8.49. The maximum Gasteiger partial charge on any atom is 0.271 e. The van der Waals surface area contributed by atoms with Crippen molar-refractivity contribution in [1.82, 2.24) is 5.43 Å². The van der Waals surface area contributed by atoms with Gasteiger partial charge in [-0.3, -0.25) is 4.79 Å². The van der Waals surface area contributed by atoms with Gasteiger partial charge in [-0.15, -0.1) is 0 Å². The van der Waals surface area contributed by atoms with Gasteiger partial charge in [0, 0.05) is 17.1 Å². The largest absolute Gasteiger partial charge is 0.489 e. The summed E-state index contributed by atoms with van der Waals surface area (Å²) in [6.07, 6.45) is 1.62. The Morgan fingerprint density at radius 2 is 1.37 bits per heavy atom. The highest BCUT2D eigenvalue weighted by Gasteiger charge is 2.05. The number of ether oxygens (including phenoxy) is 1. The lowest BCUT2D eigenvalue weighted by Gasteiger charge is -2.08. The number of hydrazone groups is 1. The fourth-order valence-electron chi connectivity index (χ4n) is 3.99. The van der Waals surface area contributed by atoms with Gasteiger partial charge in [-0.1, -0.05) is 78.9 Å². The zero-order valence-corrected chi connectivity index (χ0v) is 21.7. The third-order valence-electron chi connectivity index (χ3n) is 6.08. The highest BCUT2D eigenvalue weighted by atomic mass is 32.2. The van der Waals surface area contributed by atoms with E-state index in [0.717, 1.165) is 28.4 Å². The van der Waals surface area contributed by atoms with Gasteiger partial charge in [0.25, 0.3) is 5.91 Å². The van der Waals surface area contributed by atoms with Crippen LogP contribution in [-0.2, 0) is 18.1 Å². The lowest BCUT2D eigenvalue weighted by molar-refractivity contribution is 0.0955. The van der Waals surface area contributed by atoms with E-state index in [1.165, 1.54) is 21.9 Å². The Morgan fingerprint density at radius 1 is 0.711 bits per heavy atom. The van der Waals surface area contributed by atoms with Crippen molar-refractivity contribution in [1.29, 1.82) is 0 Å². The van der Waals surface area contributed by atoms with E-state index in [-0.39, 0.29) is 5.91 Å². The predicted molar refractivity (Wildman–Crippen MR) is 158 cm³/mol. The second-order valence-corrected chi connectivity index (χ2v) is 9.90. The van der Waals surface area contributed by atoms with E-state index in [4.69, 9.17) is 4.74 Å². The first-order valence-electron chi connectivity index (χ1n) is 12.5. The van der Waals surface area contributed by atoms with Crippen LogP contribution in [0.15, 0.2) is 126 Å². The molecule has 0 saturated heterocycles. The molecular formula is C33H28N2O2S. The fourth-order valence-corrected chi connectivity index (χ4v) is 4.95. The number of hydrogen-bond donors (Lipinski definition) is 1. The molecule has 38 heavy (non-hydrogen) atoms. The molecule has 0 radical (unpaired) electrons. The van der Waals surface area contributed by atoms with E-state index >= 15 is 0 Å². The quantitative estimate of drug-likeness (QED) is 0.153. The van der Waals surface area contributed by atoms with Crippen LogP contribution in [0, 0.1) is 0 Å². The number of fused-ring (bicyclic) bond motifs is 1. The minimum absolute atomic E-state index is 0.236. The molecule has 5 rings (SSSR count). The molecule has 0 fully saturated rings. The summed E-state index contributed by atoms with van der Waals surface area (Å²) >= 11 is 1.86. The maximum atomic E-state index is 12.5. The first-order chi connectivity index (χ1) is 18.7. The standard InChI is InChI=1S/C33H28N2O2S/c36-33(30-16-10-27(11-17-30)24-38-23-26-6-2-1-3-7-26)35-34-21-25-13-18-32(19-14-25)37-22-28-12-15-29-8-4-5-9-31(29)20-28/h1-21H,22-24H2,(H,35,36)/b34-21-. The Labute approximate surface area is 227 Å². The second-order valence-electron chi connectivity index (χ2n) is 8.91. The van der Waals surface area contributed by atoms with Gasteiger partial charge in [0.1, 0.15) is 12.4 Å². The van der Waals surface area contributed by atoms with Crippen molar-refractivity contribution in [2.45, 2.75) is 18.1 Å². The molecule has 0 unspecified atom stereocenters. The summed E-state index contributed by atoms with van der Waals surface area (Å²) in [6, 6.07) is 40.3. The van der Waals surface area contributed by atoms with Crippen LogP contribution in [0.2, 0.25) is 0 Å². The monoisotopic (exact) mass is 516 g/mol. The van der Waals surface area contributed by atoms with Gasteiger partial charge in [0.15, 0.2) is 0 Å². The summed E-state index contributed by atoms with van der Waals surface area (Å²) in [5.41, 5.74) is 7.68. The zero-order chi connectivity index (χ0) is 26.0. The number of thioether (sulfide) groups is 1. The summed E-state index contributed by atoms with van der Waals surface area (Å²) in [6.45, 7) is 0.499. The van der Waals surface area contributed by atoms with Crippen LogP contribution in [0.3, 0.4) is 0 Å². The maximum absolute atomic E-state index is 12.5. The lowest BCUT2D eigenvalue weighted by Crippen LogP contribution is -2.17. The molecule has 0 spiro atoms. The Hall–Kier alpha value is -4.35. The molecule has 1 amide bonds. The van der Waals surface area contributed by atoms with Crippen molar-refractivity contribution in [2.24, 2.45) is 5.10 Å². The molecule has 1 N–H and O–H groups in total. The molecular weight excluding hydrogens is 488 g/mol. The van der Waals surface area contributed by atoms with E-state index in [9.17, 15) is 4.79 Å². The minimum atomic E-state index is -0.236. The number of carbonyl (C=O) groups is 1. The number of amides is 1. The van der Waals surface area contributed by atoms with E-state index in [1.54, 1.807) is 6.21 Å². The van der Waals surface area contributed by atoms with Gasteiger partial charge < -0.3 is 4.74 Å². The average molecular weight is 517 g/mol. The molecule has 0 aliphatic heterocycles. The molecule has 0 aliphatic carbocycles. The molecule has 0 atom stereocenters. The van der Waals surface area contributed by atoms with Crippen LogP contribution in [0.25, 0.3) is 10.8 Å². The summed E-state index contributed by atoms with van der Waals surface area (Å²) in [4.78, 5) is 12.5. The molecule has 4 nitrogen and oxygen atoms in total. The molecule has 5 aromatic carbocycles. The van der Waals surface area contributed by atoms with Crippen LogP contribution in [-0.4, -0.2) is 12.1 Å². The van der Waals surface area contributed by atoms with E-state index in [2.05, 4.69) is 65.1 Å². The highest BCUT2D eigenvalue weighted by molar-refractivity contribution is 7.97. The Balaban J connectivity index is 1.07. The van der Waals surface area contributed by atoms with E-state index in [1.807, 2.05) is 78.5 Å². The van der Waals surface area contributed by atoms with E-state index in [0.29, 0.717) is 12.2 Å². The fraction of sp³-hybridized carbons (Fsp3) is 0.0909. The van der Waals surface area contributed by atoms with Crippen LogP contribution >= 0.6 is 11.8 Å². The smallest absolute Gasteiger partial charge is 0.271 e. The molecule has 0 aromatic heterocycles. The SMILES string of the molecule is O=C(N/N=C\c1ccc(OCc2ccc3ccccc3c2)cc1)c1ccc(CSCc2ccccc2)cc1. The van der Waals surface area contributed by atoms with Crippen LogP contribution < -0.4 is 10.2 Å². The third kappa shape index (κ3) is 7.11. The van der Waals surface area contributed by atoms with Crippen molar-refractivity contribution in [3.05, 3.63) is 149 Å². The Morgan fingerprint density at radius 3 is 2.13 bits per heavy atom. The average Bonchev–Trinajstić information content (AvgIpc) is 2.97. The van der Waals surface area contributed by atoms with Gasteiger partial charge in [0.2, 0.25) is 0 Å². The zero-order valence-electron chi connectivity index (χ0n) is 20.9. The van der Waals surface area contributed by atoms with Crippen molar-refractivity contribution in [3.8, 4) is 5.75 Å². The van der Waals surface area contributed by atoms with Crippen LogP contribution in [0.5, 0.6) is 5.75 Å². The van der Waals surface area contributed by atoms with Gasteiger partial charge >= 0.3 is 0 Å². The molecule has 0 saturated carbocycles. The van der Waals surface area contributed by atoms with Gasteiger partial charge in [-0.25, -0.2) is 5.43 Å². The first kappa shape index (κ1) is 25.3. The number of nitrogens with one attached hydrogen (secondary N) is 1. The van der Waals surface area contributed by atoms with Gasteiger partial charge in [0.05, 0.1) is 6.21 Å². The summed E-state index contributed by atoms with van der Waals surface area (Å²) in [5.74, 6) is 2.41. The van der Waals surface area contributed by atoms with Crippen LogP contribution in [0.4, 0.5) is 0 Å². The molecule has 0 bridgehead atoms. The minimum Gasteiger partial charge on any atom is -0.489 e. The molecule has 0 aliphatic rings. The van der Waals surface area contributed by atoms with E-state index < -0.39 is 0 Å². The summed E-state index contributed by atoms with van der Waals surface area (Å²) in [7, 11) is 0. The molecule has 0 heterocycles. The second kappa shape index (κ2) is 12.7. The summed E-state index contributed by atoms with van der Waals surface area (Å²) < 4.78 is 5.94. The first-order valence-corrected chi connectivity index (χ1v) is 13.6. The van der Waals surface area contributed by atoms with Crippen molar-refractivity contribution >= 4 is 34.7 Å². The topological polar surface area (TPSA) is 50.7 Å². The highest BCUT2D eigenvalue weighted by Crippen LogP contribution is 2.19. The van der Waals surface area contributed by atoms with Crippen molar-refractivity contribution in [2.75, 3.05) is 0 Å². The number of benzene rings is 5. The normalized spacial score (nSPS) is 11.1. The predicted octanol–water partition coefficient (Wildman–Crippen LogP) is 7.62. The van der Waals surface area contributed by atoms with Gasteiger partial charge in [-0.2, -0.15) is 16.9 Å². The van der Waals surface area contributed by atoms with Crippen molar-refractivity contribution in [3.63, 3.8) is 0 Å². The van der Waals surface area contributed by atoms with Gasteiger partial charge in [-0.05, 0) is 75.5 Å². The van der Waals surface area contributed by atoms with Crippen molar-refractivity contribution < 1.29 is 9.53 Å². The molecule has 188 valence electrons. The number of hydrogen-bond acceptors (Lipinski definition) is 4. The molecule has 5 aromatic rings. The number of rotatable bonds is 10. The number of nitrogens with zero attached hydrogens (tertiary/aromatic N) is 1. The third-order valence-corrected chi connectivity index (χ3v) is 7.15. The summed E-state index contributed by atoms with van der Waals surface area (Å²) in [5, 5.41) is 6.53. The Bertz CT molecular complexity index is 1520.